The molecule has 3 aliphatic rings. The Morgan fingerprint density at radius 1 is 0.778 bits per heavy atom. The highest BCUT2D eigenvalue weighted by molar-refractivity contribution is 5.85. The molecule has 2 saturated carbocycles. The van der Waals surface area contributed by atoms with E-state index in [1.807, 2.05) is 0 Å². The number of halogens is 2. The molecule has 0 aromatic heterocycles. The molecule has 1 N–H and O–H groups in total. The Balaban J connectivity index is 0.00000131. The summed E-state index contributed by atoms with van der Waals surface area (Å²) < 4.78 is 0. The molecule has 2 nitrogen and oxygen atoms in total. The molecule has 0 spiro atoms. The molecule has 3 fully saturated rings. The standard InChI is InChI=1S/C23H36N2.2ClH/c1-4-10-19(11-5-1)16-25-17-22(20-12-6-2-7-13-20)23(18-25)24-21-14-8-3-9-15-21;;/h1,4-5,10-11,20-24H,2-3,6-9,12-18H2;2*1H/t22-,23+;;/m0../s1. The van der Waals surface area contributed by atoms with E-state index in [0.29, 0.717) is 0 Å². The molecule has 0 amide bonds. The van der Waals surface area contributed by atoms with Crippen LogP contribution < -0.4 is 5.32 Å². The van der Waals surface area contributed by atoms with Gasteiger partial charge in [0, 0.05) is 31.7 Å². The van der Waals surface area contributed by atoms with Gasteiger partial charge in [0.05, 0.1) is 0 Å². The number of benzene rings is 1. The van der Waals surface area contributed by atoms with Crippen LogP contribution in [0.5, 0.6) is 0 Å². The van der Waals surface area contributed by atoms with E-state index in [9.17, 15) is 0 Å². The third-order valence-corrected chi connectivity index (χ3v) is 7.00. The highest BCUT2D eigenvalue weighted by Crippen LogP contribution is 2.36. The van der Waals surface area contributed by atoms with Crippen LogP contribution in [0.25, 0.3) is 0 Å². The van der Waals surface area contributed by atoms with Crippen molar-refractivity contribution < 1.29 is 0 Å². The molecule has 1 aromatic carbocycles. The first-order chi connectivity index (χ1) is 12.4. The summed E-state index contributed by atoms with van der Waals surface area (Å²) in [4.78, 5) is 2.73. The van der Waals surface area contributed by atoms with Crippen molar-refractivity contribution in [1.82, 2.24) is 10.2 Å². The third-order valence-electron chi connectivity index (χ3n) is 7.00. The van der Waals surface area contributed by atoms with Crippen LogP contribution in [0.4, 0.5) is 0 Å². The van der Waals surface area contributed by atoms with Crippen LogP contribution in [0.2, 0.25) is 0 Å². The van der Waals surface area contributed by atoms with Crippen molar-refractivity contribution in [2.24, 2.45) is 11.8 Å². The van der Waals surface area contributed by atoms with Crippen LogP contribution in [0.1, 0.15) is 69.8 Å². The maximum atomic E-state index is 4.14. The molecule has 1 heterocycles. The van der Waals surface area contributed by atoms with Crippen molar-refractivity contribution in [2.75, 3.05) is 13.1 Å². The van der Waals surface area contributed by atoms with Crippen molar-refractivity contribution in [2.45, 2.75) is 82.8 Å². The number of nitrogens with one attached hydrogen (secondary N) is 1. The second-order valence-electron chi connectivity index (χ2n) is 8.85. The Bertz CT molecular complexity index is 512. The van der Waals surface area contributed by atoms with Crippen molar-refractivity contribution in [3.8, 4) is 0 Å². The lowest BCUT2D eigenvalue weighted by molar-refractivity contribution is 0.206. The maximum absolute atomic E-state index is 4.14. The van der Waals surface area contributed by atoms with Gasteiger partial charge in [-0.05, 0) is 30.2 Å². The average Bonchev–Trinajstić information content (AvgIpc) is 3.06. The predicted octanol–water partition coefficient (Wildman–Crippen LogP) is 5.83. The van der Waals surface area contributed by atoms with Gasteiger partial charge in [-0.15, -0.1) is 24.8 Å². The summed E-state index contributed by atoms with van der Waals surface area (Å²) in [7, 11) is 0. The summed E-state index contributed by atoms with van der Waals surface area (Å²) in [6.45, 7) is 3.70. The normalized spacial score (nSPS) is 27.7. The van der Waals surface area contributed by atoms with Crippen LogP contribution in [0, 0.1) is 11.8 Å². The van der Waals surface area contributed by atoms with Gasteiger partial charge in [0.25, 0.3) is 0 Å². The second-order valence-corrected chi connectivity index (χ2v) is 8.85. The average molecular weight is 413 g/mol. The van der Waals surface area contributed by atoms with Crippen LogP contribution in [-0.4, -0.2) is 30.1 Å². The van der Waals surface area contributed by atoms with Gasteiger partial charge in [-0.2, -0.15) is 0 Å². The minimum atomic E-state index is 0. The van der Waals surface area contributed by atoms with E-state index in [4.69, 9.17) is 0 Å². The zero-order valence-electron chi connectivity index (χ0n) is 16.7. The van der Waals surface area contributed by atoms with Gasteiger partial charge < -0.3 is 5.32 Å². The van der Waals surface area contributed by atoms with Gasteiger partial charge in [0.1, 0.15) is 0 Å². The first-order valence-corrected chi connectivity index (χ1v) is 10.9. The van der Waals surface area contributed by atoms with E-state index < -0.39 is 0 Å². The summed E-state index contributed by atoms with van der Waals surface area (Å²) in [5.41, 5.74) is 1.48. The van der Waals surface area contributed by atoms with Gasteiger partial charge >= 0.3 is 0 Å². The molecule has 4 heteroatoms. The van der Waals surface area contributed by atoms with Gasteiger partial charge in [-0.25, -0.2) is 0 Å². The minimum Gasteiger partial charge on any atom is -0.310 e. The lowest BCUT2D eigenvalue weighted by atomic mass is 9.77. The molecule has 1 saturated heterocycles. The van der Waals surface area contributed by atoms with Crippen molar-refractivity contribution in [1.29, 1.82) is 0 Å². The molecule has 2 atom stereocenters. The van der Waals surface area contributed by atoms with Crippen molar-refractivity contribution in [3.63, 3.8) is 0 Å². The summed E-state index contributed by atoms with van der Waals surface area (Å²) in [6.07, 6.45) is 14.5. The third kappa shape index (κ3) is 6.35. The molecule has 1 aromatic rings. The van der Waals surface area contributed by atoms with E-state index in [2.05, 4.69) is 40.5 Å². The molecule has 4 rings (SSSR count). The SMILES string of the molecule is Cl.Cl.c1ccc(CN2C[C@@H](NC3CCCCC3)[C@H](C3CCCCC3)C2)cc1. The summed E-state index contributed by atoms with van der Waals surface area (Å²) in [5, 5.41) is 4.14. The van der Waals surface area contributed by atoms with E-state index in [-0.39, 0.29) is 24.8 Å². The van der Waals surface area contributed by atoms with Gasteiger partial charge in [0.2, 0.25) is 0 Å². The molecule has 0 bridgehead atoms. The number of hydrogen-bond acceptors (Lipinski definition) is 2. The van der Waals surface area contributed by atoms with Crippen LogP contribution in [0.3, 0.4) is 0 Å². The van der Waals surface area contributed by atoms with Crippen molar-refractivity contribution >= 4 is 24.8 Å². The molecule has 0 unspecified atom stereocenters. The molecule has 2 aliphatic carbocycles. The summed E-state index contributed by atoms with van der Waals surface area (Å²) in [5.74, 6) is 1.85. The number of nitrogens with zero attached hydrogens (tertiary/aromatic N) is 1. The van der Waals surface area contributed by atoms with Gasteiger partial charge in [-0.1, -0.05) is 81.7 Å². The lowest BCUT2D eigenvalue weighted by Crippen LogP contribution is -2.45. The topological polar surface area (TPSA) is 15.3 Å². The largest absolute Gasteiger partial charge is 0.310 e. The zero-order valence-corrected chi connectivity index (χ0v) is 18.3. The summed E-state index contributed by atoms with van der Waals surface area (Å²) >= 11 is 0. The Morgan fingerprint density at radius 2 is 1.41 bits per heavy atom. The van der Waals surface area contributed by atoms with Crippen LogP contribution in [0.15, 0.2) is 30.3 Å². The number of rotatable bonds is 5. The lowest BCUT2D eigenvalue weighted by Gasteiger charge is -2.34. The molecule has 27 heavy (non-hydrogen) atoms. The van der Waals surface area contributed by atoms with E-state index in [0.717, 1.165) is 30.5 Å². The van der Waals surface area contributed by atoms with Gasteiger partial charge in [0.15, 0.2) is 0 Å². The highest BCUT2D eigenvalue weighted by atomic mass is 35.5. The maximum Gasteiger partial charge on any atom is 0.0240 e. The monoisotopic (exact) mass is 412 g/mol. The Labute approximate surface area is 178 Å². The predicted molar refractivity (Wildman–Crippen MR) is 120 cm³/mol. The highest BCUT2D eigenvalue weighted by Gasteiger charge is 2.38. The molecule has 1 aliphatic heterocycles. The minimum absolute atomic E-state index is 0. The molecular formula is C23H38Cl2N2. The fourth-order valence-corrected chi connectivity index (χ4v) is 5.67. The van der Waals surface area contributed by atoms with E-state index in [1.165, 1.54) is 82.9 Å². The smallest absolute Gasteiger partial charge is 0.0240 e. The number of likely N-dealkylation sites (tertiary alicyclic amines) is 1. The zero-order chi connectivity index (χ0) is 16.9. The second kappa shape index (κ2) is 11.7. The first kappa shape index (κ1) is 23.0. The summed E-state index contributed by atoms with van der Waals surface area (Å²) in [6, 6.07) is 12.6. The Kier molecular flexibility index (Phi) is 9.93. The first-order valence-electron chi connectivity index (χ1n) is 10.9. The molecular weight excluding hydrogens is 375 g/mol. The Hall–Kier alpha value is -0.280. The van der Waals surface area contributed by atoms with E-state index >= 15 is 0 Å². The quantitative estimate of drug-likeness (QED) is 0.653. The fourth-order valence-electron chi connectivity index (χ4n) is 5.67. The van der Waals surface area contributed by atoms with Gasteiger partial charge in [-0.3, -0.25) is 4.90 Å². The van der Waals surface area contributed by atoms with E-state index in [1.54, 1.807) is 0 Å². The van der Waals surface area contributed by atoms with Crippen molar-refractivity contribution in [3.05, 3.63) is 35.9 Å². The van der Waals surface area contributed by atoms with Crippen LogP contribution >= 0.6 is 24.8 Å². The molecule has 0 radical (unpaired) electrons. The molecule has 154 valence electrons. The fraction of sp³-hybridized carbons (Fsp3) is 0.739. The Morgan fingerprint density at radius 3 is 2.07 bits per heavy atom. The van der Waals surface area contributed by atoms with Crippen LogP contribution in [-0.2, 0) is 6.54 Å². The number of hydrogen-bond donors (Lipinski definition) is 1.